The third kappa shape index (κ3) is 3.40. The second-order valence-corrected chi connectivity index (χ2v) is 6.17. The number of halogens is 2. The largest absolute Gasteiger partial charge is 0.436 e. The molecule has 0 saturated heterocycles. The van der Waals surface area contributed by atoms with Crippen molar-refractivity contribution in [2.75, 3.05) is 0 Å². The van der Waals surface area contributed by atoms with Crippen LogP contribution in [0.5, 0.6) is 0 Å². The first-order valence-corrected chi connectivity index (χ1v) is 8.25. The van der Waals surface area contributed by atoms with E-state index >= 15 is 0 Å². The predicted octanol–water partition coefficient (Wildman–Crippen LogP) is 5.95. The minimum absolute atomic E-state index is 0.554. The van der Waals surface area contributed by atoms with Gasteiger partial charge in [0.2, 0.25) is 5.89 Å². The maximum Gasteiger partial charge on any atom is 0.227 e. The maximum atomic E-state index is 6.15. The quantitative estimate of drug-likeness (QED) is 0.420. The van der Waals surface area contributed by atoms with Crippen LogP contribution < -0.4 is 0 Å². The molecule has 0 fully saturated rings. The average Bonchev–Trinajstić information content (AvgIpc) is 3.05. The van der Waals surface area contributed by atoms with E-state index in [0.29, 0.717) is 21.5 Å². The van der Waals surface area contributed by atoms with Gasteiger partial charge >= 0.3 is 0 Å². The molecule has 0 bridgehead atoms. The van der Waals surface area contributed by atoms with Crippen molar-refractivity contribution in [2.45, 2.75) is 0 Å². The summed E-state index contributed by atoms with van der Waals surface area (Å²) in [6.07, 6.45) is 5.11. The molecule has 0 saturated carbocycles. The van der Waals surface area contributed by atoms with Gasteiger partial charge in [-0.15, -0.1) is 0 Å². The molecule has 4 rings (SSSR count). The molecule has 0 atom stereocenters. The van der Waals surface area contributed by atoms with E-state index < -0.39 is 0 Å². The number of pyridine rings is 1. The van der Waals surface area contributed by atoms with E-state index in [1.165, 1.54) is 0 Å². The maximum absolute atomic E-state index is 6.15. The zero-order chi connectivity index (χ0) is 17.2. The van der Waals surface area contributed by atoms with Gasteiger partial charge in [-0.25, -0.2) is 4.98 Å². The van der Waals surface area contributed by atoms with Gasteiger partial charge in [0.1, 0.15) is 5.52 Å². The van der Waals surface area contributed by atoms with Crippen molar-refractivity contribution in [3.63, 3.8) is 0 Å². The predicted molar refractivity (Wildman–Crippen MR) is 101 cm³/mol. The second-order valence-electron chi connectivity index (χ2n) is 5.33. The van der Waals surface area contributed by atoms with Crippen LogP contribution in [-0.4, -0.2) is 16.2 Å². The Kier molecular flexibility index (Phi) is 4.22. The van der Waals surface area contributed by atoms with Gasteiger partial charge in [-0.2, -0.15) is 0 Å². The van der Waals surface area contributed by atoms with Crippen molar-refractivity contribution in [3.05, 3.63) is 76.5 Å². The Labute approximate surface area is 153 Å². The lowest BCUT2D eigenvalue weighted by Crippen LogP contribution is -1.82. The number of aromatic nitrogens is 2. The molecular weight excluding hydrogens is 357 g/mol. The molecule has 25 heavy (non-hydrogen) atoms. The van der Waals surface area contributed by atoms with E-state index in [1.807, 2.05) is 36.4 Å². The van der Waals surface area contributed by atoms with Gasteiger partial charge in [0, 0.05) is 34.8 Å². The van der Waals surface area contributed by atoms with Crippen molar-refractivity contribution >= 4 is 46.2 Å². The molecule has 0 N–H and O–H groups in total. The van der Waals surface area contributed by atoms with E-state index in [0.717, 1.165) is 22.3 Å². The molecule has 0 spiro atoms. The third-order valence-corrected chi connectivity index (χ3v) is 4.18. The van der Waals surface area contributed by atoms with E-state index in [4.69, 9.17) is 27.6 Å². The summed E-state index contributed by atoms with van der Waals surface area (Å²) in [5, 5.41) is 1.15. The lowest BCUT2D eigenvalue weighted by molar-refractivity contribution is 0.619. The molecule has 122 valence electrons. The first-order valence-electron chi connectivity index (χ1n) is 7.49. The van der Waals surface area contributed by atoms with Gasteiger partial charge in [0.15, 0.2) is 5.58 Å². The van der Waals surface area contributed by atoms with Gasteiger partial charge in [0.25, 0.3) is 0 Å². The second kappa shape index (κ2) is 6.67. The smallest absolute Gasteiger partial charge is 0.227 e. The normalized spacial score (nSPS) is 11.4. The highest BCUT2D eigenvalue weighted by Crippen LogP contribution is 2.27. The summed E-state index contributed by atoms with van der Waals surface area (Å²) in [6.45, 7) is 0. The monoisotopic (exact) mass is 367 g/mol. The summed E-state index contributed by atoms with van der Waals surface area (Å²) in [4.78, 5) is 13.0. The molecule has 0 amide bonds. The third-order valence-electron chi connectivity index (χ3n) is 3.61. The molecule has 2 aromatic heterocycles. The fourth-order valence-corrected chi connectivity index (χ4v) is 2.82. The highest BCUT2D eigenvalue weighted by Gasteiger charge is 2.08. The van der Waals surface area contributed by atoms with E-state index in [2.05, 4.69) is 15.0 Å². The molecule has 2 aromatic carbocycles. The van der Waals surface area contributed by atoms with Crippen LogP contribution in [0.3, 0.4) is 0 Å². The Morgan fingerprint density at radius 1 is 0.960 bits per heavy atom. The molecule has 0 unspecified atom stereocenters. The lowest BCUT2D eigenvalue weighted by atomic mass is 10.2. The van der Waals surface area contributed by atoms with Crippen LogP contribution in [0.1, 0.15) is 5.56 Å². The highest BCUT2D eigenvalue weighted by atomic mass is 35.5. The summed E-state index contributed by atoms with van der Waals surface area (Å²) in [5.41, 5.74) is 3.88. The van der Waals surface area contributed by atoms with Gasteiger partial charge in [-0.05, 0) is 42.5 Å². The van der Waals surface area contributed by atoms with Crippen LogP contribution >= 0.6 is 23.2 Å². The van der Waals surface area contributed by atoms with Gasteiger partial charge in [0.05, 0.1) is 10.7 Å². The van der Waals surface area contributed by atoms with Crippen molar-refractivity contribution in [1.82, 2.24) is 9.97 Å². The minimum Gasteiger partial charge on any atom is -0.436 e. The summed E-state index contributed by atoms with van der Waals surface area (Å²) >= 11 is 12.1. The zero-order valence-corrected chi connectivity index (χ0v) is 14.4. The first kappa shape index (κ1) is 15.8. The molecule has 2 heterocycles. The standard InChI is InChI=1S/C19H11Cl2N3O/c20-14-2-1-13(16(21)9-14)11-23-15-3-4-18-17(10-15)24-19(25-18)12-5-7-22-8-6-12/h1-11H. The fraction of sp³-hybridized carbons (Fsp3) is 0. The van der Waals surface area contributed by atoms with Crippen LogP contribution in [0.2, 0.25) is 10.0 Å². The van der Waals surface area contributed by atoms with E-state index in [-0.39, 0.29) is 0 Å². The van der Waals surface area contributed by atoms with Crippen LogP contribution in [0, 0.1) is 0 Å². The van der Waals surface area contributed by atoms with E-state index in [9.17, 15) is 0 Å². The Balaban J connectivity index is 1.66. The van der Waals surface area contributed by atoms with Crippen LogP contribution in [-0.2, 0) is 0 Å². The molecule has 6 heteroatoms. The molecule has 0 radical (unpaired) electrons. The molecule has 0 aliphatic carbocycles. The zero-order valence-electron chi connectivity index (χ0n) is 12.9. The number of benzene rings is 2. The average molecular weight is 368 g/mol. The van der Waals surface area contributed by atoms with Gasteiger partial charge < -0.3 is 4.42 Å². The highest BCUT2D eigenvalue weighted by molar-refractivity contribution is 6.36. The number of fused-ring (bicyclic) bond motifs is 1. The van der Waals surface area contributed by atoms with Gasteiger partial charge in [-0.1, -0.05) is 29.3 Å². The van der Waals surface area contributed by atoms with E-state index in [1.54, 1.807) is 30.7 Å². The molecule has 0 aliphatic heterocycles. The number of hydrogen-bond acceptors (Lipinski definition) is 4. The van der Waals surface area contributed by atoms with Crippen LogP contribution in [0.4, 0.5) is 5.69 Å². The van der Waals surface area contributed by atoms with Crippen LogP contribution in [0.15, 0.2) is 70.3 Å². The Morgan fingerprint density at radius 3 is 2.60 bits per heavy atom. The summed E-state index contributed by atoms with van der Waals surface area (Å²) in [6, 6.07) is 14.6. The Bertz CT molecular complexity index is 1070. The minimum atomic E-state index is 0.554. The first-order chi connectivity index (χ1) is 12.2. The lowest BCUT2D eigenvalue weighted by Gasteiger charge is -1.98. The number of aliphatic imine (C=N–C) groups is 1. The van der Waals surface area contributed by atoms with Crippen molar-refractivity contribution in [3.8, 4) is 11.5 Å². The SMILES string of the molecule is Clc1ccc(C=Nc2ccc3oc(-c4ccncc4)nc3c2)c(Cl)c1. The Morgan fingerprint density at radius 2 is 1.80 bits per heavy atom. The number of nitrogens with zero attached hydrogens (tertiary/aromatic N) is 3. The number of oxazole rings is 1. The molecule has 4 aromatic rings. The van der Waals surface area contributed by atoms with Crippen molar-refractivity contribution in [2.24, 2.45) is 4.99 Å². The summed E-state index contributed by atoms with van der Waals surface area (Å²) < 4.78 is 5.78. The number of rotatable bonds is 3. The molecule has 0 aliphatic rings. The fourth-order valence-electron chi connectivity index (χ4n) is 2.36. The Hall–Kier alpha value is -2.69. The van der Waals surface area contributed by atoms with Crippen LogP contribution in [0.25, 0.3) is 22.6 Å². The summed E-state index contributed by atoms with van der Waals surface area (Å²) in [7, 11) is 0. The summed E-state index contributed by atoms with van der Waals surface area (Å²) in [5.74, 6) is 0.555. The molecular formula is C19H11Cl2N3O. The topological polar surface area (TPSA) is 51.3 Å². The number of hydrogen-bond donors (Lipinski definition) is 0. The molecule has 4 nitrogen and oxygen atoms in total. The van der Waals surface area contributed by atoms with Crippen molar-refractivity contribution < 1.29 is 4.42 Å². The van der Waals surface area contributed by atoms with Gasteiger partial charge in [-0.3, -0.25) is 9.98 Å². The van der Waals surface area contributed by atoms with Crippen molar-refractivity contribution in [1.29, 1.82) is 0 Å².